The first-order valence-electron chi connectivity index (χ1n) is 6.44. The summed E-state index contributed by atoms with van der Waals surface area (Å²) in [6.45, 7) is 2.05. The number of aryl methyl sites for hydroxylation is 1. The predicted octanol–water partition coefficient (Wildman–Crippen LogP) is 3.72. The van der Waals surface area contributed by atoms with Gasteiger partial charge in [0.25, 0.3) is 0 Å². The normalized spacial score (nSPS) is 12.0. The average molecular weight is 301 g/mol. The molecule has 2 N–H and O–H groups in total. The molecular formula is C16H16FN3S. The number of nitrogens with two attached hydrogens (primary N) is 1. The van der Waals surface area contributed by atoms with Gasteiger partial charge in [0.2, 0.25) is 0 Å². The van der Waals surface area contributed by atoms with Crippen molar-refractivity contribution in [1.82, 2.24) is 0 Å². The maximum Gasteiger partial charge on any atom is 0.180 e. The van der Waals surface area contributed by atoms with Crippen LogP contribution in [0.15, 0.2) is 58.7 Å². The van der Waals surface area contributed by atoms with Crippen LogP contribution in [0.3, 0.4) is 0 Å². The van der Waals surface area contributed by atoms with Gasteiger partial charge in [-0.1, -0.05) is 53.7 Å². The molecule has 0 aromatic heterocycles. The monoisotopic (exact) mass is 301 g/mol. The molecule has 0 radical (unpaired) electrons. The fraction of sp³-hybridized carbons (Fsp3) is 0.125. The molecule has 0 fully saturated rings. The smallest absolute Gasteiger partial charge is 0.180 e. The first-order valence-corrected chi connectivity index (χ1v) is 7.42. The zero-order chi connectivity index (χ0) is 15.1. The first kappa shape index (κ1) is 15.3. The van der Waals surface area contributed by atoms with E-state index in [1.165, 1.54) is 41.2 Å². The van der Waals surface area contributed by atoms with Gasteiger partial charge in [0, 0.05) is 5.75 Å². The summed E-state index contributed by atoms with van der Waals surface area (Å²) < 4.78 is 13.0. The van der Waals surface area contributed by atoms with Crippen LogP contribution in [0.1, 0.15) is 16.7 Å². The van der Waals surface area contributed by atoms with Crippen LogP contribution in [0.4, 0.5) is 4.39 Å². The molecule has 0 saturated carbocycles. The van der Waals surface area contributed by atoms with Gasteiger partial charge in [-0.15, -0.1) is 5.10 Å². The fourth-order valence-corrected chi connectivity index (χ4v) is 2.33. The Morgan fingerprint density at radius 3 is 2.81 bits per heavy atom. The van der Waals surface area contributed by atoms with Crippen LogP contribution >= 0.6 is 11.8 Å². The van der Waals surface area contributed by atoms with Gasteiger partial charge >= 0.3 is 0 Å². The number of thioether (sulfide) groups is 1. The molecule has 0 heterocycles. The van der Waals surface area contributed by atoms with Crippen LogP contribution in [-0.2, 0) is 5.75 Å². The van der Waals surface area contributed by atoms with Crippen molar-refractivity contribution in [2.75, 3.05) is 0 Å². The number of rotatable bonds is 4. The van der Waals surface area contributed by atoms with Crippen molar-refractivity contribution in [2.24, 2.45) is 15.9 Å². The molecule has 0 bridgehead atoms. The van der Waals surface area contributed by atoms with Gasteiger partial charge in [-0.25, -0.2) is 4.39 Å². The van der Waals surface area contributed by atoms with Gasteiger partial charge < -0.3 is 5.73 Å². The third-order valence-electron chi connectivity index (χ3n) is 2.68. The molecular weight excluding hydrogens is 285 g/mol. The molecule has 2 rings (SSSR count). The van der Waals surface area contributed by atoms with Gasteiger partial charge in [-0.3, -0.25) is 0 Å². The van der Waals surface area contributed by atoms with Crippen molar-refractivity contribution in [3.8, 4) is 0 Å². The highest BCUT2D eigenvalue weighted by atomic mass is 32.2. The minimum atomic E-state index is -0.301. The third kappa shape index (κ3) is 5.39. The van der Waals surface area contributed by atoms with E-state index < -0.39 is 0 Å². The van der Waals surface area contributed by atoms with Crippen molar-refractivity contribution >= 4 is 23.1 Å². The van der Waals surface area contributed by atoms with Gasteiger partial charge in [0.1, 0.15) is 5.82 Å². The average Bonchev–Trinajstić information content (AvgIpc) is 2.45. The lowest BCUT2D eigenvalue weighted by Gasteiger charge is -2.01. The van der Waals surface area contributed by atoms with Gasteiger partial charge in [0.15, 0.2) is 5.17 Å². The number of amidine groups is 1. The Balaban J connectivity index is 1.89. The molecule has 0 amide bonds. The SMILES string of the molecule is Cc1cccc(CS/C(N)=N/N=C/c2cccc(F)c2)c1. The number of nitrogens with zero attached hydrogens (tertiary/aromatic N) is 2. The lowest BCUT2D eigenvalue weighted by atomic mass is 10.2. The zero-order valence-electron chi connectivity index (χ0n) is 11.7. The van der Waals surface area contributed by atoms with Crippen LogP contribution < -0.4 is 5.73 Å². The molecule has 0 unspecified atom stereocenters. The Kier molecular flexibility index (Phi) is 5.51. The highest BCUT2D eigenvalue weighted by Gasteiger charge is 1.97. The van der Waals surface area contributed by atoms with E-state index in [0.717, 1.165) is 5.75 Å². The number of halogens is 1. The van der Waals surface area contributed by atoms with Crippen LogP contribution in [-0.4, -0.2) is 11.4 Å². The highest BCUT2D eigenvalue weighted by molar-refractivity contribution is 8.13. The summed E-state index contributed by atoms with van der Waals surface area (Å²) in [7, 11) is 0. The van der Waals surface area contributed by atoms with Gasteiger partial charge in [-0.2, -0.15) is 5.10 Å². The van der Waals surface area contributed by atoms with Crippen molar-refractivity contribution in [1.29, 1.82) is 0 Å². The van der Waals surface area contributed by atoms with Crippen molar-refractivity contribution in [2.45, 2.75) is 12.7 Å². The molecule has 0 aliphatic carbocycles. The van der Waals surface area contributed by atoms with E-state index in [4.69, 9.17) is 5.73 Å². The second-order valence-corrected chi connectivity index (χ2v) is 5.51. The van der Waals surface area contributed by atoms with Crippen LogP contribution in [0, 0.1) is 12.7 Å². The van der Waals surface area contributed by atoms with Crippen LogP contribution in [0.2, 0.25) is 0 Å². The van der Waals surface area contributed by atoms with E-state index in [9.17, 15) is 4.39 Å². The summed E-state index contributed by atoms with van der Waals surface area (Å²) in [5.74, 6) is 0.441. The minimum absolute atomic E-state index is 0.301. The Labute approximate surface area is 127 Å². The Morgan fingerprint density at radius 2 is 2.05 bits per heavy atom. The molecule has 108 valence electrons. The van der Waals surface area contributed by atoms with Crippen LogP contribution in [0.5, 0.6) is 0 Å². The summed E-state index contributed by atoms with van der Waals surface area (Å²) in [6.07, 6.45) is 1.48. The van der Waals surface area contributed by atoms with E-state index in [1.54, 1.807) is 12.1 Å². The molecule has 0 spiro atoms. The zero-order valence-corrected chi connectivity index (χ0v) is 12.5. The molecule has 0 aliphatic heterocycles. The Morgan fingerprint density at radius 1 is 1.24 bits per heavy atom. The molecule has 3 nitrogen and oxygen atoms in total. The van der Waals surface area contributed by atoms with E-state index in [-0.39, 0.29) is 5.82 Å². The summed E-state index contributed by atoms with van der Waals surface area (Å²) >= 11 is 1.42. The second kappa shape index (κ2) is 7.59. The van der Waals surface area contributed by atoms with Gasteiger partial charge in [-0.05, 0) is 30.2 Å². The summed E-state index contributed by atoms with van der Waals surface area (Å²) in [4.78, 5) is 0. The maximum atomic E-state index is 13.0. The lowest BCUT2D eigenvalue weighted by molar-refractivity contribution is 0.627. The number of hydrogen-bond donors (Lipinski definition) is 1. The molecule has 5 heteroatoms. The molecule has 2 aromatic rings. The van der Waals surface area contributed by atoms with Gasteiger partial charge in [0.05, 0.1) is 6.21 Å². The molecule has 0 atom stereocenters. The van der Waals surface area contributed by atoms with E-state index >= 15 is 0 Å². The third-order valence-corrected chi connectivity index (χ3v) is 3.54. The van der Waals surface area contributed by atoms with Crippen molar-refractivity contribution in [3.05, 3.63) is 71.0 Å². The topological polar surface area (TPSA) is 50.7 Å². The quantitative estimate of drug-likeness (QED) is 0.531. The van der Waals surface area contributed by atoms with E-state index in [0.29, 0.717) is 10.7 Å². The standard InChI is InChI=1S/C16H16FN3S/c1-12-4-2-6-14(8-12)11-21-16(18)20-19-10-13-5-3-7-15(17)9-13/h2-10H,11H2,1H3,(H2,18,20)/b19-10+. The van der Waals surface area contributed by atoms with Crippen molar-refractivity contribution < 1.29 is 4.39 Å². The fourth-order valence-electron chi connectivity index (χ4n) is 1.73. The maximum absolute atomic E-state index is 13.0. The van der Waals surface area contributed by atoms with E-state index in [1.807, 2.05) is 12.1 Å². The number of hydrogen-bond acceptors (Lipinski definition) is 3. The number of benzene rings is 2. The molecule has 0 aliphatic rings. The highest BCUT2D eigenvalue weighted by Crippen LogP contribution is 2.13. The Bertz CT molecular complexity index is 668. The summed E-state index contributed by atoms with van der Waals surface area (Å²) in [5.41, 5.74) is 8.83. The molecule has 21 heavy (non-hydrogen) atoms. The summed E-state index contributed by atoms with van der Waals surface area (Å²) in [6, 6.07) is 14.4. The predicted molar refractivity (Wildman–Crippen MR) is 88.1 cm³/mol. The van der Waals surface area contributed by atoms with Crippen molar-refractivity contribution in [3.63, 3.8) is 0 Å². The van der Waals surface area contributed by atoms with Crippen LogP contribution in [0.25, 0.3) is 0 Å². The Hall–Kier alpha value is -2.14. The molecule has 2 aromatic carbocycles. The second-order valence-electron chi connectivity index (χ2n) is 4.52. The first-order chi connectivity index (χ1) is 10.1. The molecule has 0 saturated heterocycles. The minimum Gasteiger partial charge on any atom is -0.377 e. The lowest BCUT2D eigenvalue weighted by Crippen LogP contribution is -2.06. The van der Waals surface area contributed by atoms with E-state index in [2.05, 4.69) is 29.3 Å². The summed E-state index contributed by atoms with van der Waals surface area (Å²) in [5, 5.41) is 8.13. The largest absolute Gasteiger partial charge is 0.377 e.